The number of halogens is 4. The molecule has 0 aliphatic heterocycles. The highest BCUT2D eigenvalue weighted by atomic mass is 19.4. The van der Waals surface area contributed by atoms with Crippen molar-refractivity contribution in [1.82, 2.24) is 0 Å². The van der Waals surface area contributed by atoms with Crippen molar-refractivity contribution in [1.29, 1.82) is 0 Å². The molecule has 1 aromatic rings. The molecule has 0 aromatic heterocycles. The van der Waals surface area contributed by atoms with Gasteiger partial charge in [0.25, 0.3) is 0 Å². The van der Waals surface area contributed by atoms with E-state index in [-0.39, 0.29) is 17.9 Å². The molecule has 0 heterocycles. The predicted molar refractivity (Wildman–Crippen MR) is 45.8 cm³/mol. The van der Waals surface area contributed by atoms with E-state index >= 15 is 0 Å². The van der Waals surface area contributed by atoms with Gasteiger partial charge in [0, 0.05) is 18.2 Å². The van der Waals surface area contributed by atoms with Crippen molar-refractivity contribution in [2.75, 3.05) is 7.11 Å². The van der Waals surface area contributed by atoms with Gasteiger partial charge in [0.2, 0.25) is 0 Å². The molecule has 0 aliphatic rings. The van der Waals surface area contributed by atoms with Gasteiger partial charge in [-0.05, 0) is 6.07 Å². The lowest BCUT2D eigenvalue weighted by atomic mass is 10.1. The van der Waals surface area contributed by atoms with Crippen LogP contribution in [0, 0.1) is 5.82 Å². The molecule has 0 amide bonds. The molecule has 15 heavy (non-hydrogen) atoms. The van der Waals surface area contributed by atoms with Gasteiger partial charge in [-0.3, -0.25) is 0 Å². The number of methoxy groups -OCH3 is 1. The molecule has 0 aliphatic carbocycles. The molecule has 0 atom stereocenters. The Kier molecular flexibility index (Phi) is 3.18. The first-order valence-corrected chi connectivity index (χ1v) is 4.03. The van der Waals surface area contributed by atoms with E-state index in [1.54, 1.807) is 0 Å². The van der Waals surface area contributed by atoms with Crippen molar-refractivity contribution in [3.8, 4) is 5.75 Å². The minimum Gasteiger partial charge on any atom is -0.496 e. The summed E-state index contributed by atoms with van der Waals surface area (Å²) in [6, 6.07) is 1.28. The van der Waals surface area contributed by atoms with Gasteiger partial charge in [0.15, 0.2) is 0 Å². The van der Waals surface area contributed by atoms with Gasteiger partial charge < -0.3 is 10.5 Å². The van der Waals surface area contributed by atoms with E-state index in [1.807, 2.05) is 0 Å². The fourth-order valence-corrected chi connectivity index (χ4v) is 1.26. The zero-order chi connectivity index (χ0) is 11.6. The first-order chi connectivity index (χ1) is 6.90. The van der Waals surface area contributed by atoms with E-state index in [2.05, 4.69) is 4.74 Å². The first-order valence-electron chi connectivity index (χ1n) is 4.03. The Balaban J connectivity index is 3.42. The average molecular weight is 223 g/mol. The van der Waals surface area contributed by atoms with Crippen molar-refractivity contribution in [3.63, 3.8) is 0 Å². The van der Waals surface area contributed by atoms with E-state index in [0.29, 0.717) is 6.07 Å². The van der Waals surface area contributed by atoms with Crippen LogP contribution < -0.4 is 10.5 Å². The number of ether oxygens (including phenoxy) is 1. The van der Waals surface area contributed by atoms with Crippen molar-refractivity contribution < 1.29 is 22.3 Å². The van der Waals surface area contributed by atoms with E-state index in [9.17, 15) is 17.6 Å². The highest BCUT2D eigenvalue weighted by Gasteiger charge is 2.35. The molecule has 0 saturated carbocycles. The van der Waals surface area contributed by atoms with Crippen LogP contribution in [0.1, 0.15) is 11.1 Å². The monoisotopic (exact) mass is 223 g/mol. The summed E-state index contributed by atoms with van der Waals surface area (Å²) in [5.74, 6) is -1.19. The quantitative estimate of drug-likeness (QED) is 0.781. The molecule has 6 heteroatoms. The van der Waals surface area contributed by atoms with Crippen LogP contribution in [-0.4, -0.2) is 7.11 Å². The van der Waals surface area contributed by atoms with Crippen LogP contribution >= 0.6 is 0 Å². The highest BCUT2D eigenvalue weighted by Crippen LogP contribution is 2.36. The second kappa shape index (κ2) is 4.06. The Labute approximate surface area is 83.6 Å². The van der Waals surface area contributed by atoms with Gasteiger partial charge >= 0.3 is 6.18 Å². The van der Waals surface area contributed by atoms with Crippen LogP contribution in [0.3, 0.4) is 0 Å². The SMILES string of the molecule is COc1cc(F)cc(C(F)(F)F)c1CN. The van der Waals surface area contributed by atoms with Crippen LogP contribution in [0.15, 0.2) is 12.1 Å². The van der Waals surface area contributed by atoms with Crippen LogP contribution in [0.4, 0.5) is 17.6 Å². The molecule has 0 unspecified atom stereocenters. The van der Waals surface area contributed by atoms with Gasteiger partial charge in [-0.1, -0.05) is 0 Å². The first kappa shape index (κ1) is 11.8. The normalized spacial score (nSPS) is 11.6. The molecule has 0 radical (unpaired) electrons. The Morgan fingerprint density at radius 2 is 1.93 bits per heavy atom. The molecule has 0 bridgehead atoms. The van der Waals surface area contributed by atoms with Crippen molar-refractivity contribution in [2.24, 2.45) is 5.73 Å². The number of nitrogens with two attached hydrogens (primary N) is 1. The third kappa shape index (κ3) is 2.38. The lowest BCUT2D eigenvalue weighted by Gasteiger charge is -2.15. The van der Waals surface area contributed by atoms with E-state index in [4.69, 9.17) is 5.73 Å². The molecule has 2 nitrogen and oxygen atoms in total. The topological polar surface area (TPSA) is 35.2 Å². The molecular formula is C9H9F4NO. The second-order valence-corrected chi connectivity index (χ2v) is 2.84. The van der Waals surface area contributed by atoms with Crippen molar-refractivity contribution in [3.05, 3.63) is 29.1 Å². The Morgan fingerprint density at radius 1 is 1.33 bits per heavy atom. The van der Waals surface area contributed by atoms with Crippen LogP contribution in [0.25, 0.3) is 0 Å². The van der Waals surface area contributed by atoms with Gasteiger partial charge in [0.05, 0.1) is 12.7 Å². The summed E-state index contributed by atoms with van der Waals surface area (Å²) in [5, 5.41) is 0. The maximum Gasteiger partial charge on any atom is 0.416 e. The van der Waals surface area contributed by atoms with Gasteiger partial charge in [-0.25, -0.2) is 4.39 Å². The largest absolute Gasteiger partial charge is 0.496 e. The Hall–Kier alpha value is -1.30. The summed E-state index contributed by atoms with van der Waals surface area (Å²) in [4.78, 5) is 0. The zero-order valence-electron chi connectivity index (χ0n) is 7.86. The minimum absolute atomic E-state index is 0.190. The number of hydrogen-bond acceptors (Lipinski definition) is 2. The lowest BCUT2D eigenvalue weighted by molar-refractivity contribution is -0.138. The fourth-order valence-electron chi connectivity index (χ4n) is 1.26. The molecule has 84 valence electrons. The summed E-state index contributed by atoms with van der Waals surface area (Å²) >= 11 is 0. The number of hydrogen-bond donors (Lipinski definition) is 1. The Bertz CT molecular complexity index is 362. The van der Waals surface area contributed by atoms with Gasteiger partial charge in [0.1, 0.15) is 11.6 Å². The van der Waals surface area contributed by atoms with Crippen molar-refractivity contribution in [2.45, 2.75) is 12.7 Å². The van der Waals surface area contributed by atoms with E-state index in [1.165, 1.54) is 0 Å². The third-order valence-corrected chi connectivity index (χ3v) is 1.90. The van der Waals surface area contributed by atoms with E-state index in [0.717, 1.165) is 13.2 Å². The molecular weight excluding hydrogens is 214 g/mol. The molecule has 0 spiro atoms. The standard InChI is InChI=1S/C9H9F4NO/c1-15-8-3-5(10)2-7(6(8)4-14)9(11,12)13/h2-3H,4,14H2,1H3. The maximum absolute atomic E-state index is 12.8. The zero-order valence-corrected chi connectivity index (χ0v) is 7.86. The number of alkyl halides is 3. The van der Waals surface area contributed by atoms with Gasteiger partial charge in [-0.15, -0.1) is 0 Å². The highest BCUT2D eigenvalue weighted by molar-refractivity contribution is 5.42. The summed E-state index contributed by atoms with van der Waals surface area (Å²) in [7, 11) is 1.16. The van der Waals surface area contributed by atoms with Crippen LogP contribution in [-0.2, 0) is 12.7 Å². The second-order valence-electron chi connectivity index (χ2n) is 2.84. The third-order valence-electron chi connectivity index (χ3n) is 1.90. The summed E-state index contributed by atoms with van der Waals surface area (Å²) < 4.78 is 54.8. The minimum atomic E-state index is -4.63. The fraction of sp³-hybridized carbons (Fsp3) is 0.333. The summed E-state index contributed by atoms with van der Waals surface area (Å²) in [5.41, 5.74) is 3.83. The molecule has 1 rings (SSSR count). The number of rotatable bonds is 2. The Morgan fingerprint density at radius 3 is 2.33 bits per heavy atom. The van der Waals surface area contributed by atoms with Gasteiger partial charge in [-0.2, -0.15) is 13.2 Å². The molecule has 2 N–H and O–H groups in total. The summed E-state index contributed by atoms with van der Waals surface area (Å²) in [6.45, 7) is -0.363. The number of benzene rings is 1. The van der Waals surface area contributed by atoms with E-state index < -0.39 is 17.6 Å². The molecule has 0 saturated heterocycles. The van der Waals surface area contributed by atoms with Crippen molar-refractivity contribution >= 4 is 0 Å². The summed E-state index contributed by atoms with van der Waals surface area (Å²) in [6.07, 6.45) is -4.63. The average Bonchev–Trinajstić information content (AvgIpc) is 2.15. The molecule has 0 fully saturated rings. The maximum atomic E-state index is 12.8. The lowest BCUT2D eigenvalue weighted by Crippen LogP contribution is -2.13. The predicted octanol–water partition coefficient (Wildman–Crippen LogP) is 2.31. The molecule has 1 aromatic carbocycles. The van der Waals surface area contributed by atoms with Crippen LogP contribution in [0.5, 0.6) is 5.75 Å². The smallest absolute Gasteiger partial charge is 0.416 e. The van der Waals surface area contributed by atoms with Crippen LogP contribution in [0.2, 0.25) is 0 Å².